The fourth-order valence-corrected chi connectivity index (χ4v) is 2.32. The van der Waals surface area contributed by atoms with Crippen molar-refractivity contribution in [3.05, 3.63) is 36.2 Å². The van der Waals surface area contributed by atoms with Gasteiger partial charge in [-0.25, -0.2) is 0 Å². The Bertz CT molecular complexity index is 228. The zero-order valence-corrected chi connectivity index (χ0v) is 9.40. The van der Waals surface area contributed by atoms with Gasteiger partial charge in [-0.2, -0.15) is 0 Å². The summed E-state index contributed by atoms with van der Waals surface area (Å²) in [5.41, 5.74) is 0. The Morgan fingerprint density at radius 2 is 1.85 bits per heavy atom. The first-order chi connectivity index (χ1) is 6.24. The minimum Gasteiger partial charge on any atom is -0.122 e. The van der Waals surface area contributed by atoms with E-state index in [9.17, 15) is 0 Å². The quantitative estimate of drug-likeness (QED) is 0.647. The van der Waals surface area contributed by atoms with Crippen molar-refractivity contribution in [3.8, 4) is 0 Å². The molecule has 1 rings (SSSR count). The monoisotopic (exact) mass is 193 g/mol. The SMILES string of the molecule is CCC(Sc1ccccc1)[C](C)C. The maximum atomic E-state index is 2.24. The summed E-state index contributed by atoms with van der Waals surface area (Å²) in [7, 11) is 0. The lowest BCUT2D eigenvalue weighted by atomic mass is 10.1. The molecule has 71 valence electrons. The lowest BCUT2D eigenvalue weighted by Gasteiger charge is -2.17. The van der Waals surface area contributed by atoms with Crippen LogP contribution in [0.3, 0.4) is 0 Å². The fourth-order valence-electron chi connectivity index (χ4n) is 1.27. The molecule has 0 aliphatic rings. The molecule has 0 saturated heterocycles. The van der Waals surface area contributed by atoms with Gasteiger partial charge in [0.1, 0.15) is 0 Å². The van der Waals surface area contributed by atoms with Gasteiger partial charge in [-0.3, -0.25) is 0 Å². The van der Waals surface area contributed by atoms with Crippen molar-refractivity contribution < 1.29 is 0 Å². The van der Waals surface area contributed by atoms with E-state index in [2.05, 4.69) is 51.1 Å². The second kappa shape index (κ2) is 5.33. The van der Waals surface area contributed by atoms with Gasteiger partial charge in [-0.05, 0) is 24.5 Å². The summed E-state index contributed by atoms with van der Waals surface area (Å²) in [5.74, 6) is 1.51. The highest BCUT2D eigenvalue weighted by Crippen LogP contribution is 2.30. The van der Waals surface area contributed by atoms with Crippen LogP contribution in [0.2, 0.25) is 0 Å². The standard InChI is InChI=1S/C12H17S/c1-4-12(10(2)3)13-11-8-6-5-7-9-11/h5-9,12H,4H2,1-3H3. The largest absolute Gasteiger partial charge is 0.122 e. The summed E-state index contributed by atoms with van der Waals surface area (Å²) in [6.07, 6.45) is 1.21. The molecule has 0 aromatic heterocycles. The van der Waals surface area contributed by atoms with Crippen LogP contribution >= 0.6 is 11.8 Å². The van der Waals surface area contributed by atoms with E-state index in [0.717, 1.165) is 0 Å². The summed E-state index contributed by atoms with van der Waals surface area (Å²) in [4.78, 5) is 1.37. The van der Waals surface area contributed by atoms with Crippen molar-refractivity contribution in [2.24, 2.45) is 0 Å². The van der Waals surface area contributed by atoms with E-state index in [4.69, 9.17) is 0 Å². The topological polar surface area (TPSA) is 0 Å². The molecular weight excluding hydrogens is 176 g/mol. The maximum Gasteiger partial charge on any atom is 0.0148 e. The van der Waals surface area contributed by atoms with Crippen LogP contribution in [0.4, 0.5) is 0 Å². The van der Waals surface area contributed by atoms with Crippen molar-refractivity contribution in [3.63, 3.8) is 0 Å². The molecule has 1 aromatic carbocycles. The molecule has 0 saturated carbocycles. The smallest absolute Gasteiger partial charge is 0.0148 e. The highest BCUT2D eigenvalue weighted by molar-refractivity contribution is 8.00. The number of benzene rings is 1. The van der Waals surface area contributed by atoms with E-state index in [0.29, 0.717) is 5.25 Å². The van der Waals surface area contributed by atoms with Gasteiger partial charge in [-0.1, -0.05) is 39.0 Å². The fraction of sp³-hybridized carbons (Fsp3) is 0.417. The van der Waals surface area contributed by atoms with Gasteiger partial charge < -0.3 is 0 Å². The van der Waals surface area contributed by atoms with E-state index in [1.807, 2.05) is 11.8 Å². The summed E-state index contributed by atoms with van der Waals surface area (Å²) < 4.78 is 0. The van der Waals surface area contributed by atoms with Crippen molar-refractivity contribution >= 4 is 11.8 Å². The first kappa shape index (κ1) is 10.6. The number of hydrogen-bond acceptors (Lipinski definition) is 1. The predicted molar refractivity (Wildman–Crippen MR) is 61.0 cm³/mol. The molecule has 0 N–H and O–H groups in total. The van der Waals surface area contributed by atoms with Crippen LogP contribution in [0.15, 0.2) is 35.2 Å². The Kier molecular flexibility index (Phi) is 4.37. The van der Waals surface area contributed by atoms with Crippen molar-refractivity contribution in [1.82, 2.24) is 0 Å². The zero-order chi connectivity index (χ0) is 9.68. The first-order valence-electron chi connectivity index (χ1n) is 4.75. The lowest BCUT2D eigenvalue weighted by Crippen LogP contribution is -2.06. The van der Waals surface area contributed by atoms with Crippen LogP contribution in [-0.2, 0) is 0 Å². The van der Waals surface area contributed by atoms with E-state index < -0.39 is 0 Å². The molecule has 0 nitrogen and oxygen atoms in total. The molecule has 1 unspecified atom stereocenters. The Balaban J connectivity index is 2.57. The highest BCUT2D eigenvalue weighted by Gasteiger charge is 2.12. The molecule has 0 bridgehead atoms. The molecule has 0 heterocycles. The van der Waals surface area contributed by atoms with E-state index in [1.165, 1.54) is 17.2 Å². The normalized spacial score (nSPS) is 13.2. The molecule has 0 aliphatic carbocycles. The molecule has 0 aliphatic heterocycles. The van der Waals surface area contributed by atoms with Crippen molar-refractivity contribution in [2.45, 2.75) is 37.3 Å². The summed E-state index contributed by atoms with van der Waals surface area (Å²) in [5, 5.41) is 0.669. The minimum atomic E-state index is 0.669. The summed E-state index contributed by atoms with van der Waals surface area (Å²) >= 11 is 1.96. The van der Waals surface area contributed by atoms with Gasteiger partial charge in [0, 0.05) is 10.1 Å². The van der Waals surface area contributed by atoms with Crippen LogP contribution < -0.4 is 0 Å². The minimum absolute atomic E-state index is 0.669. The highest BCUT2D eigenvalue weighted by atomic mass is 32.2. The van der Waals surface area contributed by atoms with Crippen LogP contribution in [0.1, 0.15) is 27.2 Å². The van der Waals surface area contributed by atoms with Crippen LogP contribution in [0.5, 0.6) is 0 Å². The molecular formula is C12H17S. The lowest BCUT2D eigenvalue weighted by molar-refractivity contribution is 0.826. The van der Waals surface area contributed by atoms with E-state index >= 15 is 0 Å². The summed E-state index contributed by atoms with van der Waals surface area (Å²) in [6, 6.07) is 10.6. The van der Waals surface area contributed by atoms with Gasteiger partial charge in [0.2, 0.25) is 0 Å². The average Bonchev–Trinajstić information content (AvgIpc) is 2.15. The second-order valence-corrected chi connectivity index (χ2v) is 4.68. The molecule has 0 amide bonds. The number of rotatable bonds is 4. The molecule has 0 spiro atoms. The van der Waals surface area contributed by atoms with Gasteiger partial charge in [-0.15, -0.1) is 11.8 Å². The van der Waals surface area contributed by atoms with Crippen LogP contribution in [0, 0.1) is 5.92 Å². The maximum absolute atomic E-state index is 2.24. The first-order valence-corrected chi connectivity index (χ1v) is 5.63. The van der Waals surface area contributed by atoms with Crippen molar-refractivity contribution in [2.75, 3.05) is 0 Å². The third-order valence-electron chi connectivity index (χ3n) is 2.04. The summed E-state index contributed by atoms with van der Waals surface area (Å²) in [6.45, 7) is 6.67. The van der Waals surface area contributed by atoms with E-state index in [-0.39, 0.29) is 0 Å². The van der Waals surface area contributed by atoms with Gasteiger partial charge >= 0.3 is 0 Å². The van der Waals surface area contributed by atoms with Gasteiger partial charge in [0.15, 0.2) is 0 Å². The Labute approximate surface area is 85.7 Å². The Hall–Kier alpha value is -0.430. The average molecular weight is 193 g/mol. The van der Waals surface area contributed by atoms with Crippen LogP contribution in [-0.4, -0.2) is 5.25 Å². The van der Waals surface area contributed by atoms with Crippen LogP contribution in [0.25, 0.3) is 0 Å². The second-order valence-electron chi connectivity index (χ2n) is 3.41. The predicted octanol–water partition coefficient (Wildman–Crippen LogP) is 4.17. The zero-order valence-electron chi connectivity index (χ0n) is 8.58. The van der Waals surface area contributed by atoms with Gasteiger partial charge in [0.05, 0.1) is 0 Å². The molecule has 13 heavy (non-hydrogen) atoms. The molecule has 1 atom stereocenters. The molecule has 0 fully saturated rings. The number of thioether (sulfide) groups is 1. The molecule has 1 radical (unpaired) electrons. The van der Waals surface area contributed by atoms with Gasteiger partial charge in [0.25, 0.3) is 0 Å². The Morgan fingerprint density at radius 1 is 1.23 bits per heavy atom. The third kappa shape index (κ3) is 3.43. The molecule has 1 heteroatoms. The van der Waals surface area contributed by atoms with Crippen molar-refractivity contribution in [1.29, 1.82) is 0 Å². The third-order valence-corrected chi connectivity index (χ3v) is 3.67. The van der Waals surface area contributed by atoms with E-state index in [1.54, 1.807) is 0 Å². The number of hydrogen-bond donors (Lipinski definition) is 0. The molecule has 1 aromatic rings. The Morgan fingerprint density at radius 3 is 2.31 bits per heavy atom.